The summed E-state index contributed by atoms with van der Waals surface area (Å²) in [6.45, 7) is 4.37. The van der Waals surface area contributed by atoms with Crippen molar-refractivity contribution in [3.63, 3.8) is 0 Å². The highest BCUT2D eigenvalue weighted by Gasteiger charge is 2.25. The maximum Gasteiger partial charge on any atom is 0.297 e. The number of hydrogen-bond donors (Lipinski definition) is 1. The van der Waals surface area contributed by atoms with Gasteiger partial charge in [-0.25, -0.2) is 0 Å². The molecule has 130 valence electrons. The average Bonchev–Trinajstić information content (AvgIpc) is 2.56. The van der Waals surface area contributed by atoms with Crippen LogP contribution in [0.1, 0.15) is 20.3 Å². The van der Waals surface area contributed by atoms with Crippen LogP contribution in [0, 0.1) is 0 Å². The normalized spacial score (nSPS) is 13.5. The second kappa shape index (κ2) is 9.02. The van der Waals surface area contributed by atoms with Crippen molar-refractivity contribution >= 4 is 40.5 Å². The molecule has 5 nitrogen and oxygen atoms in total. The van der Waals surface area contributed by atoms with Crippen molar-refractivity contribution in [1.29, 1.82) is 0 Å². The standard InChI is InChI=1S/C15H18ClN2O3PS2/c1-3-10-24-22(23,20-4-2)21-14-11(6-5-7-13(14)19)12-8-9-17-18-15(12)16/h5-9,19H,3-4,10H2,1-2H3. The van der Waals surface area contributed by atoms with E-state index in [1.165, 1.54) is 23.6 Å². The molecule has 0 bridgehead atoms. The zero-order valence-corrected chi connectivity index (χ0v) is 16.6. The largest absolute Gasteiger partial charge is 0.504 e. The van der Waals surface area contributed by atoms with Crippen LogP contribution in [-0.2, 0) is 16.3 Å². The number of rotatable bonds is 8. The zero-order valence-electron chi connectivity index (χ0n) is 13.3. The van der Waals surface area contributed by atoms with Crippen molar-refractivity contribution in [2.45, 2.75) is 20.3 Å². The lowest BCUT2D eigenvalue weighted by Gasteiger charge is -2.23. The second-order valence-corrected chi connectivity index (χ2v) is 11.4. The van der Waals surface area contributed by atoms with Gasteiger partial charge in [-0.15, -0.1) is 5.10 Å². The molecule has 0 saturated heterocycles. The van der Waals surface area contributed by atoms with Crippen LogP contribution < -0.4 is 4.52 Å². The molecule has 2 aromatic rings. The number of nitrogens with zero attached hydrogens (tertiary/aromatic N) is 2. The van der Waals surface area contributed by atoms with E-state index in [1.54, 1.807) is 18.2 Å². The van der Waals surface area contributed by atoms with E-state index in [2.05, 4.69) is 17.1 Å². The highest BCUT2D eigenvalue weighted by atomic mass is 35.5. The maximum atomic E-state index is 10.3. The molecular formula is C15H18ClN2O3PS2. The van der Waals surface area contributed by atoms with Crippen LogP contribution in [0.25, 0.3) is 11.1 Å². The fraction of sp³-hybridized carbons (Fsp3) is 0.333. The van der Waals surface area contributed by atoms with E-state index >= 15 is 0 Å². The predicted molar refractivity (Wildman–Crippen MR) is 103 cm³/mol. The lowest BCUT2D eigenvalue weighted by molar-refractivity contribution is 0.339. The molecule has 1 aromatic heterocycles. The average molecular weight is 405 g/mol. The Morgan fingerprint density at radius 3 is 2.75 bits per heavy atom. The Bertz CT molecular complexity index is 748. The van der Waals surface area contributed by atoms with Gasteiger partial charge in [0, 0.05) is 16.9 Å². The Balaban J connectivity index is 2.46. The van der Waals surface area contributed by atoms with Gasteiger partial charge in [-0.2, -0.15) is 5.10 Å². The molecule has 1 unspecified atom stereocenters. The van der Waals surface area contributed by atoms with Gasteiger partial charge in [-0.3, -0.25) is 0 Å². The molecule has 0 fully saturated rings. The van der Waals surface area contributed by atoms with Gasteiger partial charge >= 0.3 is 0 Å². The minimum Gasteiger partial charge on any atom is -0.504 e. The number of benzene rings is 1. The Kier molecular flexibility index (Phi) is 7.32. The first-order valence-corrected chi connectivity index (χ1v) is 12.0. The first kappa shape index (κ1) is 19.5. The fourth-order valence-electron chi connectivity index (χ4n) is 1.91. The summed E-state index contributed by atoms with van der Waals surface area (Å²) in [4.78, 5) is 0. The van der Waals surface area contributed by atoms with Crippen LogP contribution in [-0.4, -0.2) is 27.7 Å². The third-order valence-corrected chi connectivity index (χ3v) is 8.60. The molecule has 24 heavy (non-hydrogen) atoms. The Labute approximate surface area is 155 Å². The summed E-state index contributed by atoms with van der Waals surface area (Å²) in [5, 5.41) is 18.1. The second-order valence-electron chi connectivity index (χ2n) is 4.68. The van der Waals surface area contributed by atoms with Gasteiger partial charge in [0.1, 0.15) is 0 Å². The van der Waals surface area contributed by atoms with Gasteiger partial charge in [0.05, 0.1) is 12.8 Å². The number of phenolic OH excluding ortho intramolecular Hbond substituents is 1. The molecule has 0 saturated carbocycles. The monoisotopic (exact) mass is 404 g/mol. The highest BCUT2D eigenvalue weighted by Crippen LogP contribution is 2.62. The van der Waals surface area contributed by atoms with Crippen molar-refractivity contribution in [2.75, 3.05) is 12.4 Å². The van der Waals surface area contributed by atoms with E-state index in [4.69, 9.17) is 32.5 Å². The number of phenols is 1. The number of para-hydroxylation sites is 1. The van der Waals surface area contributed by atoms with Crippen molar-refractivity contribution in [3.05, 3.63) is 35.6 Å². The molecule has 0 amide bonds. The SMILES string of the molecule is CCCSP(=S)(OCC)Oc1c(O)cccc1-c1ccnnc1Cl. The van der Waals surface area contributed by atoms with Crippen LogP contribution in [0.3, 0.4) is 0 Å². The lowest BCUT2D eigenvalue weighted by Crippen LogP contribution is -1.98. The highest BCUT2D eigenvalue weighted by molar-refractivity contribution is 8.68. The smallest absolute Gasteiger partial charge is 0.297 e. The van der Waals surface area contributed by atoms with Crippen molar-refractivity contribution < 1.29 is 14.2 Å². The van der Waals surface area contributed by atoms with E-state index in [9.17, 15) is 5.11 Å². The number of halogens is 1. The summed E-state index contributed by atoms with van der Waals surface area (Å²) < 4.78 is 11.7. The number of aromatic nitrogens is 2. The van der Waals surface area contributed by atoms with Gasteiger partial charge < -0.3 is 14.2 Å². The summed E-state index contributed by atoms with van der Waals surface area (Å²) in [6, 6.07) is 6.74. The summed E-state index contributed by atoms with van der Waals surface area (Å²) >= 11 is 13.2. The van der Waals surface area contributed by atoms with Crippen LogP contribution in [0.15, 0.2) is 30.5 Å². The van der Waals surface area contributed by atoms with Gasteiger partial charge in [-0.05, 0) is 37.3 Å². The van der Waals surface area contributed by atoms with Crippen LogP contribution in [0.2, 0.25) is 5.15 Å². The van der Waals surface area contributed by atoms with Gasteiger partial charge in [0.15, 0.2) is 16.7 Å². The molecular weight excluding hydrogens is 387 g/mol. The molecule has 2 rings (SSSR count). The number of aromatic hydroxyl groups is 1. The van der Waals surface area contributed by atoms with E-state index < -0.39 is 5.69 Å². The first-order valence-electron chi connectivity index (χ1n) is 7.39. The van der Waals surface area contributed by atoms with Crippen molar-refractivity contribution in [1.82, 2.24) is 10.2 Å². The molecule has 0 aliphatic rings. The van der Waals surface area contributed by atoms with Crippen molar-refractivity contribution in [3.8, 4) is 22.6 Å². The summed E-state index contributed by atoms with van der Waals surface area (Å²) in [5.74, 6) is 1.05. The molecule has 1 heterocycles. The van der Waals surface area contributed by atoms with Gasteiger partial charge in [-0.1, -0.05) is 42.0 Å². The molecule has 9 heteroatoms. The van der Waals surface area contributed by atoms with E-state index in [0.29, 0.717) is 17.7 Å². The molecule has 0 aliphatic carbocycles. The maximum absolute atomic E-state index is 10.3. The summed E-state index contributed by atoms with van der Waals surface area (Å²) in [5.41, 5.74) is -1.43. The topological polar surface area (TPSA) is 64.5 Å². The molecule has 1 N–H and O–H groups in total. The van der Waals surface area contributed by atoms with Crippen LogP contribution in [0.4, 0.5) is 0 Å². The Morgan fingerprint density at radius 1 is 1.29 bits per heavy atom. The minimum atomic E-state index is -2.64. The predicted octanol–water partition coefficient (Wildman–Crippen LogP) is 5.29. The molecule has 1 aromatic carbocycles. The zero-order chi connectivity index (χ0) is 17.6. The molecule has 1 atom stereocenters. The first-order chi connectivity index (χ1) is 11.5. The van der Waals surface area contributed by atoms with Crippen LogP contribution in [0.5, 0.6) is 11.5 Å². The van der Waals surface area contributed by atoms with Crippen molar-refractivity contribution in [2.24, 2.45) is 0 Å². The summed E-state index contributed by atoms with van der Waals surface area (Å²) in [7, 11) is 0. The minimum absolute atomic E-state index is 0.0218. The quantitative estimate of drug-likeness (QED) is 0.600. The molecule has 0 aliphatic heterocycles. The van der Waals surface area contributed by atoms with E-state index in [0.717, 1.165) is 12.2 Å². The third-order valence-electron chi connectivity index (χ3n) is 2.90. The summed E-state index contributed by atoms with van der Waals surface area (Å²) in [6.07, 6.45) is 2.48. The molecule has 0 radical (unpaired) electrons. The van der Waals surface area contributed by atoms with Gasteiger partial charge in [0.25, 0.3) is 5.69 Å². The van der Waals surface area contributed by atoms with Crippen LogP contribution >= 0.6 is 28.7 Å². The lowest BCUT2D eigenvalue weighted by atomic mass is 10.1. The Morgan fingerprint density at radius 2 is 2.08 bits per heavy atom. The fourth-order valence-corrected chi connectivity index (χ4v) is 6.79. The van der Waals surface area contributed by atoms with E-state index in [-0.39, 0.29) is 16.7 Å². The Hall–Kier alpha value is -0.850. The molecule has 0 spiro atoms. The number of hydrogen-bond acceptors (Lipinski definition) is 7. The third kappa shape index (κ3) is 4.83. The van der Waals surface area contributed by atoms with E-state index in [1.807, 2.05) is 6.92 Å². The van der Waals surface area contributed by atoms with Gasteiger partial charge in [0.2, 0.25) is 0 Å².